The SMILES string of the molecule is CC(C)Oc1ccc(NC(=O)c2n[nH]c3c2CNCC3)cc1. The zero-order valence-electron chi connectivity index (χ0n) is 12.8. The highest BCUT2D eigenvalue weighted by Gasteiger charge is 2.21. The number of amides is 1. The predicted molar refractivity (Wildman–Crippen MR) is 84.2 cm³/mol. The minimum atomic E-state index is -0.196. The summed E-state index contributed by atoms with van der Waals surface area (Å²) in [5.41, 5.74) is 3.19. The molecule has 0 atom stereocenters. The Bertz CT molecular complexity index is 661. The van der Waals surface area contributed by atoms with Crippen LogP contribution < -0.4 is 15.4 Å². The number of aromatic amines is 1. The Morgan fingerprint density at radius 3 is 2.82 bits per heavy atom. The van der Waals surface area contributed by atoms with Crippen molar-refractivity contribution in [1.82, 2.24) is 15.5 Å². The van der Waals surface area contributed by atoms with Crippen LogP contribution in [0.2, 0.25) is 0 Å². The van der Waals surface area contributed by atoms with Crippen LogP contribution in [0.25, 0.3) is 0 Å². The molecule has 1 aliphatic heterocycles. The van der Waals surface area contributed by atoms with E-state index in [-0.39, 0.29) is 12.0 Å². The number of aromatic nitrogens is 2. The van der Waals surface area contributed by atoms with E-state index in [0.717, 1.165) is 35.7 Å². The summed E-state index contributed by atoms with van der Waals surface area (Å²) in [4.78, 5) is 12.4. The summed E-state index contributed by atoms with van der Waals surface area (Å²) in [5, 5.41) is 13.2. The van der Waals surface area contributed by atoms with E-state index < -0.39 is 0 Å². The Kier molecular flexibility index (Phi) is 4.11. The first-order chi connectivity index (χ1) is 10.6. The normalized spacial score (nSPS) is 13.8. The molecule has 1 amide bonds. The number of fused-ring (bicyclic) bond motifs is 1. The molecule has 0 saturated heterocycles. The maximum atomic E-state index is 12.4. The first-order valence-electron chi connectivity index (χ1n) is 7.48. The van der Waals surface area contributed by atoms with E-state index >= 15 is 0 Å². The van der Waals surface area contributed by atoms with Crippen molar-refractivity contribution < 1.29 is 9.53 Å². The van der Waals surface area contributed by atoms with Crippen molar-refractivity contribution >= 4 is 11.6 Å². The predicted octanol–water partition coefficient (Wildman–Crippen LogP) is 2.09. The third kappa shape index (κ3) is 3.12. The third-order valence-electron chi connectivity index (χ3n) is 3.51. The van der Waals surface area contributed by atoms with Crippen LogP contribution >= 0.6 is 0 Å². The number of anilines is 1. The summed E-state index contributed by atoms with van der Waals surface area (Å²) in [6, 6.07) is 7.34. The van der Waals surface area contributed by atoms with Crippen LogP contribution in [0, 0.1) is 0 Å². The number of carbonyl (C=O) groups is 1. The lowest BCUT2D eigenvalue weighted by molar-refractivity contribution is 0.102. The smallest absolute Gasteiger partial charge is 0.276 e. The molecule has 1 aliphatic rings. The highest BCUT2D eigenvalue weighted by molar-refractivity contribution is 6.04. The van der Waals surface area contributed by atoms with Gasteiger partial charge < -0.3 is 15.4 Å². The molecule has 22 heavy (non-hydrogen) atoms. The lowest BCUT2D eigenvalue weighted by Crippen LogP contribution is -2.25. The number of nitrogens with zero attached hydrogens (tertiary/aromatic N) is 1. The molecule has 2 aromatic rings. The molecule has 0 aliphatic carbocycles. The fraction of sp³-hybridized carbons (Fsp3) is 0.375. The fourth-order valence-corrected chi connectivity index (χ4v) is 2.49. The number of ether oxygens (including phenoxy) is 1. The van der Waals surface area contributed by atoms with E-state index in [2.05, 4.69) is 20.8 Å². The summed E-state index contributed by atoms with van der Waals surface area (Å²) in [6.45, 7) is 5.54. The molecule has 0 spiro atoms. The third-order valence-corrected chi connectivity index (χ3v) is 3.51. The van der Waals surface area contributed by atoms with Gasteiger partial charge in [-0.1, -0.05) is 0 Å². The van der Waals surface area contributed by atoms with E-state index in [9.17, 15) is 4.79 Å². The van der Waals surface area contributed by atoms with E-state index in [1.807, 2.05) is 38.1 Å². The molecule has 0 radical (unpaired) electrons. The van der Waals surface area contributed by atoms with E-state index in [1.54, 1.807) is 0 Å². The number of benzene rings is 1. The molecule has 3 rings (SSSR count). The van der Waals surface area contributed by atoms with Gasteiger partial charge in [0.25, 0.3) is 5.91 Å². The monoisotopic (exact) mass is 300 g/mol. The van der Waals surface area contributed by atoms with Gasteiger partial charge in [0.2, 0.25) is 0 Å². The van der Waals surface area contributed by atoms with Gasteiger partial charge in [0.1, 0.15) is 5.75 Å². The van der Waals surface area contributed by atoms with Gasteiger partial charge in [-0.2, -0.15) is 5.10 Å². The Morgan fingerprint density at radius 2 is 2.09 bits per heavy atom. The van der Waals surface area contributed by atoms with Crippen molar-refractivity contribution in [1.29, 1.82) is 0 Å². The Balaban J connectivity index is 1.70. The molecule has 0 bridgehead atoms. The fourth-order valence-electron chi connectivity index (χ4n) is 2.49. The van der Waals surface area contributed by atoms with Gasteiger partial charge in [0.15, 0.2) is 5.69 Å². The number of nitrogens with one attached hydrogen (secondary N) is 3. The highest BCUT2D eigenvalue weighted by atomic mass is 16.5. The lowest BCUT2D eigenvalue weighted by atomic mass is 10.1. The van der Waals surface area contributed by atoms with Crippen LogP contribution in [0.3, 0.4) is 0 Å². The minimum Gasteiger partial charge on any atom is -0.491 e. The van der Waals surface area contributed by atoms with Crippen molar-refractivity contribution in [2.45, 2.75) is 32.9 Å². The van der Waals surface area contributed by atoms with Crippen LogP contribution in [0.4, 0.5) is 5.69 Å². The van der Waals surface area contributed by atoms with Crippen LogP contribution in [-0.2, 0) is 13.0 Å². The first kappa shape index (κ1) is 14.6. The summed E-state index contributed by atoms with van der Waals surface area (Å²) >= 11 is 0. The zero-order valence-corrected chi connectivity index (χ0v) is 12.8. The standard InChI is InChI=1S/C16H20N4O2/c1-10(2)22-12-5-3-11(4-6-12)18-16(21)15-13-9-17-8-7-14(13)19-20-15/h3-6,10,17H,7-9H2,1-2H3,(H,18,21)(H,19,20). The Morgan fingerprint density at radius 1 is 1.32 bits per heavy atom. The van der Waals surface area contributed by atoms with Crippen molar-refractivity contribution in [3.63, 3.8) is 0 Å². The van der Waals surface area contributed by atoms with E-state index in [0.29, 0.717) is 12.2 Å². The second kappa shape index (κ2) is 6.19. The lowest BCUT2D eigenvalue weighted by Gasteiger charge is -2.13. The highest BCUT2D eigenvalue weighted by Crippen LogP contribution is 2.19. The topological polar surface area (TPSA) is 79.0 Å². The molecule has 6 nitrogen and oxygen atoms in total. The van der Waals surface area contributed by atoms with Crippen molar-refractivity contribution in [3.05, 3.63) is 41.2 Å². The molecular weight excluding hydrogens is 280 g/mol. The number of hydrogen-bond acceptors (Lipinski definition) is 4. The van der Waals surface area contributed by atoms with Gasteiger partial charge in [0, 0.05) is 36.5 Å². The summed E-state index contributed by atoms with van der Waals surface area (Å²) in [7, 11) is 0. The van der Waals surface area contributed by atoms with E-state index in [4.69, 9.17) is 4.74 Å². The average molecular weight is 300 g/mol. The minimum absolute atomic E-state index is 0.128. The zero-order chi connectivity index (χ0) is 15.5. The summed E-state index contributed by atoms with van der Waals surface area (Å²) < 4.78 is 5.58. The van der Waals surface area contributed by atoms with Gasteiger partial charge in [0.05, 0.1) is 6.10 Å². The molecule has 116 valence electrons. The molecule has 3 N–H and O–H groups in total. The molecule has 0 fully saturated rings. The van der Waals surface area contributed by atoms with Crippen LogP contribution in [-0.4, -0.2) is 28.8 Å². The number of hydrogen-bond donors (Lipinski definition) is 3. The first-order valence-corrected chi connectivity index (χ1v) is 7.48. The maximum Gasteiger partial charge on any atom is 0.276 e. The van der Waals surface area contributed by atoms with Crippen molar-refractivity contribution in [2.24, 2.45) is 0 Å². The number of rotatable bonds is 4. The molecule has 1 aromatic heterocycles. The molecule has 2 heterocycles. The molecule has 6 heteroatoms. The number of carbonyl (C=O) groups excluding carboxylic acids is 1. The molecule has 1 aromatic carbocycles. The summed E-state index contributed by atoms with van der Waals surface area (Å²) in [5.74, 6) is 0.591. The molecular formula is C16H20N4O2. The van der Waals surface area contributed by atoms with Crippen molar-refractivity contribution in [3.8, 4) is 5.75 Å². The van der Waals surface area contributed by atoms with Crippen LogP contribution in [0.15, 0.2) is 24.3 Å². The Hall–Kier alpha value is -2.34. The number of H-pyrrole nitrogens is 1. The summed E-state index contributed by atoms with van der Waals surface area (Å²) in [6.07, 6.45) is 1.00. The van der Waals surface area contributed by atoms with Crippen LogP contribution in [0.5, 0.6) is 5.75 Å². The van der Waals surface area contributed by atoms with Gasteiger partial charge in [-0.15, -0.1) is 0 Å². The van der Waals surface area contributed by atoms with Gasteiger partial charge >= 0.3 is 0 Å². The largest absolute Gasteiger partial charge is 0.491 e. The van der Waals surface area contributed by atoms with E-state index in [1.165, 1.54) is 0 Å². The molecule has 0 saturated carbocycles. The second-order valence-corrected chi connectivity index (χ2v) is 5.60. The molecule has 0 unspecified atom stereocenters. The van der Waals surface area contributed by atoms with Crippen molar-refractivity contribution in [2.75, 3.05) is 11.9 Å². The van der Waals surface area contributed by atoms with Gasteiger partial charge in [-0.25, -0.2) is 0 Å². The van der Waals surface area contributed by atoms with Gasteiger partial charge in [-0.05, 0) is 38.1 Å². The Labute approximate surface area is 129 Å². The second-order valence-electron chi connectivity index (χ2n) is 5.60. The quantitative estimate of drug-likeness (QED) is 0.808. The van der Waals surface area contributed by atoms with Gasteiger partial charge in [-0.3, -0.25) is 9.89 Å². The average Bonchev–Trinajstić information content (AvgIpc) is 2.93. The van der Waals surface area contributed by atoms with Crippen LogP contribution in [0.1, 0.15) is 35.6 Å². The maximum absolute atomic E-state index is 12.4.